The number of alkyl halides is 3. The van der Waals surface area contributed by atoms with Crippen molar-refractivity contribution in [2.75, 3.05) is 29.8 Å². The second-order valence-electron chi connectivity index (χ2n) is 8.02. The van der Waals surface area contributed by atoms with Gasteiger partial charge in [0.1, 0.15) is 22.2 Å². The summed E-state index contributed by atoms with van der Waals surface area (Å²) in [7, 11) is 2.81. The van der Waals surface area contributed by atoms with Crippen LogP contribution < -0.4 is 25.0 Å². The molecule has 39 heavy (non-hydrogen) atoms. The van der Waals surface area contributed by atoms with Crippen molar-refractivity contribution in [2.24, 2.45) is 0 Å². The molecule has 0 fully saturated rings. The molecule has 1 heterocycles. The highest BCUT2D eigenvalue weighted by molar-refractivity contribution is 6.53. The van der Waals surface area contributed by atoms with Gasteiger partial charge in [0.25, 0.3) is 17.7 Å². The molecule has 1 aliphatic rings. The quantitative estimate of drug-likeness (QED) is 0.330. The van der Waals surface area contributed by atoms with Gasteiger partial charge in [0.05, 0.1) is 30.5 Å². The average molecular weight is 580 g/mol. The van der Waals surface area contributed by atoms with Gasteiger partial charge < -0.3 is 20.1 Å². The third kappa shape index (κ3) is 5.64. The molecule has 3 aromatic rings. The van der Waals surface area contributed by atoms with Crippen LogP contribution in [0.3, 0.4) is 0 Å². The Morgan fingerprint density at radius 1 is 0.897 bits per heavy atom. The van der Waals surface area contributed by atoms with E-state index < -0.39 is 39.5 Å². The first-order valence-electron chi connectivity index (χ1n) is 11.0. The predicted molar refractivity (Wildman–Crippen MR) is 139 cm³/mol. The zero-order chi connectivity index (χ0) is 28.5. The number of halogens is 5. The molecule has 3 aromatic carbocycles. The van der Waals surface area contributed by atoms with Crippen molar-refractivity contribution in [1.29, 1.82) is 0 Å². The van der Waals surface area contributed by atoms with Crippen LogP contribution in [0.25, 0.3) is 0 Å². The Kier molecular flexibility index (Phi) is 7.75. The van der Waals surface area contributed by atoms with Crippen LogP contribution >= 0.6 is 23.2 Å². The summed E-state index contributed by atoms with van der Waals surface area (Å²) in [5.41, 5.74) is -1.07. The van der Waals surface area contributed by atoms with Crippen molar-refractivity contribution in [3.8, 4) is 11.5 Å². The van der Waals surface area contributed by atoms with Crippen molar-refractivity contribution < 1.29 is 37.0 Å². The monoisotopic (exact) mass is 579 g/mol. The van der Waals surface area contributed by atoms with Gasteiger partial charge in [-0.1, -0.05) is 29.3 Å². The molecule has 0 saturated heterocycles. The van der Waals surface area contributed by atoms with Crippen LogP contribution in [0.4, 0.5) is 30.2 Å². The Morgan fingerprint density at radius 2 is 1.64 bits per heavy atom. The number of rotatable bonds is 7. The van der Waals surface area contributed by atoms with E-state index in [-0.39, 0.29) is 34.1 Å². The first-order valence-corrected chi connectivity index (χ1v) is 11.8. The largest absolute Gasteiger partial charge is 0.497 e. The molecule has 0 unspecified atom stereocenters. The van der Waals surface area contributed by atoms with Crippen LogP contribution in [0.2, 0.25) is 5.02 Å². The van der Waals surface area contributed by atoms with Crippen molar-refractivity contribution in [3.63, 3.8) is 0 Å². The molecule has 1 aliphatic heterocycles. The highest BCUT2D eigenvalue weighted by Gasteiger charge is 2.40. The number of carbonyl (C=O) groups excluding carboxylic acids is 3. The zero-order valence-electron chi connectivity index (χ0n) is 20.2. The molecule has 0 atom stereocenters. The number of nitrogens with zero attached hydrogens (tertiary/aromatic N) is 1. The van der Waals surface area contributed by atoms with Crippen LogP contribution in [0.15, 0.2) is 71.4 Å². The van der Waals surface area contributed by atoms with Gasteiger partial charge in [-0.15, -0.1) is 0 Å². The third-order valence-corrected chi connectivity index (χ3v) is 6.26. The van der Waals surface area contributed by atoms with Gasteiger partial charge in [0, 0.05) is 23.0 Å². The lowest BCUT2D eigenvalue weighted by Gasteiger charge is -2.18. The topological polar surface area (TPSA) is 97.0 Å². The lowest BCUT2D eigenvalue weighted by Crippen LogP contribution is -2.32. The molecule has 0 aliphatic carbocycles. The number of hydrogen-bond acceptors (Lipinski definition) is 6. The summed E-state index contributed by atoms with van der Waals surface area (Å²) in [6.45, 7) is 0. The normalized spacial score (nSPS) is 13.6. The first kappa shape index (κ1) is 27.8. The number of benzene rings is 3. The maximum Gasteiger partial charge on any atom is 0.417 e. The molecule has 0 bridgehead atoms. The van der Waals surface area contributed by atoms with E-state index >= 15 is 0 Å². The Bertz CT molecular complexity index is 1520. The second-order valence-corrected chi connectivity index (χ2v) is 8.81. The minimum atomic E-state index is -4.70. The summed E-state index contributed by atoms with van der Waals surface area (Å²) in [5, 5.41) is 4.23. The molecular formula is C26H18Cl2F3N3O5. The lowest BCUT2D eigenvalue weighted by atomic mass is 10.1. The van der Waals surface area contributed by atoms with Crippen molar-refractivity contribution >= 4 is 58.0 Å². The third-order valence-electron chi connectivity index (χ3n) is 5.58. The standard InChI is InChI=1S/C26H18Cl2F3N3O5/c1-38-16-7-9-19(20(12-16)39-2)34-24(36)21(28)22(25(34)37)32-14-5-3-4-13(10-14)23(35)33-15-6-8-18(27)17(11-15)26(29,30)31/h3-12,32H,1-2H3,(H,33,35). The second kappa shape index (κ2) is 10.9. The van der Waals surface area contributed by atoms with E-state index in [1.165, 1.54) is 62.8 Å². The number of imide groups is 1. The van der Waals surface area contributed by atoms with Crippen LogP contribution in [0.5, 0.6) is 11.5 Å². The van der Waals surface area contributed by atoms with E-state index in [4.69, 9.17) is 32.7 Å². The van der Waals surface area contributed by atoms with Crippen molar-refractivity contribution in [3.05, 3.63) is 87.5 Å². The molecule has 0 saturated carbocycles. The van der Waals surface area contributed by atoms with Gasteiger partial charge in [0.15, 0.2) is 0 Å². The smallest absolute Gasteiger partial charge is 0.417 e. The summed E-state index contributed by atoms with van der Waals surface area (Å²) in [6, 6.07) is 13.2. The molecule has 202 valence electrons. The van der Waals surface area contributed by atoms with Gasteiger partial charge in [-0.2, -0.15) is 13.2 Å². The molecule has 8 nitrogen and oxygen atoms in total. The van der Waals surface area contributed by atoms with E-state index in [1.54, 1.807) is 0 Å². The molecule has 0 aromatic heterocycles. The number of carbonyl (C=O) groups is 3. The summed E-state index contributed by atoms with van der Waals surface area (Å²) in [5.74, 6) is -1.67. The lowest BCUT2D eigenvalue weighted by molar-refractivity contribution is -0.137. The fourth-order valence-corrected chi connectivity index (χ4v) is 4.14. The number of hydrogen-bond donors (Lipinski definition) is 2. The molecule has 13 heteroatoms. The Morgan fingerprint density at radius 3 is 2.31 bits per heavy atom. The van der Waals surface area contributed by atoms with E-state index in [0.717, 1.165) is 17.0 Å². The van der Waals surface area contributed by atoms with Crippen LogP contribution in [-0.2, 0) is 15.8 Å². The van der Waals surface area contributed by atoms with E-state index in [9.17, 15) is 27.6 Å². The van der Waals surface area contributed by atoms with Gasteiger partial charge >= 0.3 is 6.18 Å². The number of anilines is 3. The maximum absolute atomic E-state index is 13.2. The van der Waals surface area contributed by atoms with Gasteiger partial charge in [-0.05, 0) is 48.5 Å². The molecule has 0 radical (unpaired) electrons. The molecular weight excluding hydrogens is 562 g/mol. The minimum Gasteiger partial charge on any atom is -0.497 e. The summed E-state index contributed by atoms with van der Waals surface area (Å²) in [6.07, 6.45) is -4.70. The maximum atomic E-state index is 13.2. The van der Waals surface area contributed by atoms with Gasteiger partial charge in [-0.25, -0.2) is 4.90 Å². The Hall–Kier alpha value is -4.22. The molecule has 3 amide bonds. The summed E-state index contributed by atoms with van der Waals surface area (Å²) < 4.78 is 49.9. The van der Waals surface area contributed by atoms with Crippen molar-refractivity contribution in [2.45, 2.75) is 6.18 Å². The van der Waals surface area contributed by atoms with Crippen LogP contribution in [0.1, 0.15) is 15.9 Å². The molecule has 2 N–H and O–H groups in total. The SMILES string of the molecule is COc1ccc(N2C(=O)C(Cl)=C(Nc3cccc(C(=O)Nc4ccc(Cl)c(C(F)(F)F)c4)c3)C2=O)c(OC)c1. The number of nitrogens with one attached hydrogen (secondary N) is 2. The highest BCUT2D eigenvalue weighted by Crippen LogP contribution is 2.38. The Balaban J connectivity index is 1.55. The van der Waals surface area contributed by atoms with E-state index in [1.807, 2.05) is 0 Å². The Labute approximate surface area is 229 Å². The highest BCUT2D eigenvalue weighted by atomic mass is 35.5. The number of amides is 3. The van der Waals surface area contributed by atoms with E-state index in [2.05, 4.69) is 10.6 Å². The van der Waals surface area contributed by atoms with Crippen LogP contribution in [0, 0.1) is 0 Å². The fourth-order valence-electron chi connectivity index (χ4n) is 3.71. The number of ether oxygens (including phenoxy) is 2. The molecule has 0 spiro atoms. The van der Waals surface area contributed by atoms with Gasteiger partial charge in [0.2, 0.25) is 0 Å². The molecule has 4 rings (SSSR count). The predicted octanol–water partition coefficient (Wildman–Crippen LogP) is 6.06. The summed E-state index contributed by atoms with van der Waals surface area (Å²) >= 11 is 11.8. The number of methoxy groups -OCH3 is 2. The zero-order valence-corrected chi connectivity index (χ0v) is 21.7. The van der Waals surface area contributed by atoms with E-state index in [0.29, 0.717) is 5.75 Å². The average Bonchev–Trinajstić information content (AvgIpc) is 3.11. The first-order chi connectivity index (χ1) is 18.4. The van der Waals surface area contributed by atoms with Crippen LogP contribution in [-0.4, -0.2) is 31.9 Å². The van der Waals surface area contributed by atoms with Gasteiger partial charge in [-0.3, -0.25) is 14.4 Å². The fraction of sp³-hybridized carbons (Fsp3) is 0.115. The minimum absolute atomic E-state index is 0.0469. The summed E-state index contributed by atoms with van der Waals surface area (Å²) in [4.78, 5) is 39.6. The van der Waals surface area contributed by atoms with Crippen molar-refractivity contribution in [1.82, 2.24) is 0 Å².